The van der Waals surface area contributed by atoms with E-state index in [0.717, 1.165) is 0 Å². The van der Waals surface area contributed by atoms with Crippen LogP contribution < -0.4 is 0 Å². The van der Waals surface area contributed by atoms with Crippen LogP contribution >= 0.6 is 31.9 Å². The first kappa shape index (κ1) is 8.43. The zero-order valence-electron chi connectivity index (χ0n) is 4.27. The van der Waals surface area contributed by atoms with Gasteiger partial charge in [0.15, 0.2) is 0 Å². The molecule has 0 rings (SSSR count). The summed E-state index contributed by atoms with van der Waals surface area (Å²) >= 11 is 6.07. The molecule has 0 aromatic heterocycles. The smallest absolute Gasteiger partial charge is 0.318 e. The van der Waals surface area contributed by atoms with Gasteiger partial charge >= 0.3 is 5.97 Å². The standard InChI is InChI=1S/C4H6Br2O2/c1-2(5)3(6)4(7)8/h2-3H,1H3,(H,7,8). The summed E-state index contributed by atoms with van der Waals surface area (Å²) in [7, 11) is 0. The molecule has 0 heterocycles. The van der Waals surface area contributed by atoms with E-state index in [1.165, 1.54) is 0 Å². The van der Waals surface area contributed by atoms with Crippen molar-refractivity contribution in [2.75, 3.05) is 0 Å². The van der Waals surface area contributed by atoms with Gasteiger partial charge in [0.1, 0.15) is 4.83 Å². The Bertz CT molecular complexity index is 92.0. The minimum Gasteiger partial charge on any atom is -0.480 e. The third-order valence-electron chi connectivity index (χ3n) is 0.639. The minimum atomic E-state index is -0.839. The molecule has 0 aromatic rings. The quantitative estimate of drug-likeness (QED) is 0.751. The van der Waals surface area contributed by atoms with Crippen molar-refractivity contribution < 1.29 is 9.90 Å². The highest BCUT2D eigenvalue weighted by Gasteiger charge is 2.17. The van der Waals surface area contributed by atoms with Crippen molar-refractivity contribution in [3.8, 4) is 0 Å². The lowest BCUT2D eigenvalue weighted by Crippen LogP contribution is -2.20. The van der Waals surface area contributed by atoms with Crippen molar-refractivity contribution in [3.63, 3.8) is 0 Å². The molecule has 8 heavy (non-hydrogen) atoms. The average Bonchev–Trinajstić information content (AvgIpc) is 1.64. The SMILES string of the molecule is CC(Br)C(Br)C(=O)O. The van der Waals surface area contributed by atoms with Crippen LogP contribution in [0.5, 0.6) is 0 Å². The molecule has 0 spiro atoms. The molecule has 0 aliphatic heterocycles. The summed E-state index contributed by atoms with van der Waals surface area (Å²) in [6.45, 7) is 1.77. The Morgan fingerprint density at radius 3 is 2.00 bits per heavy atom. The van der Waals surface area contributed by atoms with Crippen LogP contribution in [0, 0.1) is 0 Å². The van der Waals surface area contributed by atoms with Crippen LogP contribution in [-0.4, -0.2) is 20.7 Å². The van der Waals surface area contributed by atoms with Gasteiger partial charge in [0.2, 0.25) is 0 Å². The van der Waals surface area contributed by atoms with Gasteiger partial charge in [0.25, 0.3) is 0 Å². The van der Waals surface area contributed by atoms with Crippen molar-refractivity contribution >= 4 is 37.8 Å². The average molecular weight is 246 g/mol. The van der Waals surface area contributed by atoms with E-state index in [0.29, 0.717) is 0 Å². The van der Waals surface area contributed by atoms with E-state index in [9.17, 15) is 4.79 Å². The van der Waals surface area contributed by atoms with Gasteiger partial charge in [0.05, 0.1) is 0 Å². The summed E-state index contributed by atoms with van der Waals surface area (Å²) in [6, 6.07) is 0. The van der Waals surface area contributed by atoms with Crippen LogP contribution in [0.2, 0.25) is 0 Å². The highest BCUT2D eigenvalue weighted by atomic mass is 79.9. The molecule has 48 valence electrons. The van der Waals surface area contributed by atoms with Crippen molar-refractivity contribution in [2.24, 2.45) is 0 Å². The Morgan fingerprint density at radius 1 is 1.62 bits per heavy atom. The fraction of sp³-hybridized carbons (Fsp3) is 0.750. The van der Waals surface area contributed by atoms with Gasteiger partial charge in [-0.25, -0.2) is 0 Å². The van der Waals surface area contributed by atoms with Crippen LogP contribution in [0.1, 0.15) is 6.92 Å². The van der Waals surface area contributed by atoms with Crippen LogP contribution in [0.4, 0.5) is 0 Å². The maximum absolute atomic E-state index is 10.1. The number of aliphatic carboxylic acids is 1. The second-order valence-corrected chi connectivity index (χ2v) is 3.85. The van der Waals surface area contributed by atoms with E-state index in [1.807, 2.05) is 0 Å². The largest absolute Gasteiger partial charge is 0.480 e. The van der Waals surface area contributed by atoms with E-state index in [1.54, 1.807) is 6.92 Å². The molecule has 0 aliphatic rings. The van der Waals surface area contributed by atoms with Gasteiger partial charge in [0, 0.05) is 4.83 Å². The van der Waals surface area contributed by atoms with E-state index < -0.39 is 10.8 Å². The molecule has 0 amide bonds. The third kappa shape index (κ3) is 2.67. The summed E-state index contributed by atoms with van der Waals surface area (Å²) in [6.07, 6.45) is 0. The Morgan fingerprint density at radius 2 is 2.00 bits per heavy atom. The second-order valence-electron chi connectivity index (χ2n) is 1.42. The van der Waals surface area contributed by atoms with Gasteiger partial charge in [-0.3, -0.25) is 4.79 Å². The molecule has 0 radical (unpaired) electrons. The van der Waals surface area contributed by atoms with Gasteiger partial charge in [-0.05, 0) is 0 Å². The summed E-state index contributed by atoms with van der Waals surface area (Å²) < 4.78 is 0. The normalized spacial score (nSPS) is 17.4. The van der Waals surface area contributed by atoms with Crippen molar-refractivity contribution in [1.82, 2.24) is 0 Å². The number of hydrogen-bond donors (Lipinski definition) is 1. The zero-order valence-corrected chi connectivity index (χ0v) is 7.44. The molecule has 1 N–H and O–H groups in total. The molecule has 0 saturated carbocycles. The fourth-order valence-electron chi connectivity index (χ4n) is 0.196. The highest BCUT2D eigenvalue weighted by Crippen LogP contribution is 2.12. The fourth-order valence-corrected chi connectivity index (χ4v) is 0.423. The molecule has 2 unspecified atom stereocenters. The molecule has 4 heteroatoms. The Balaban J connectivity index is 3.64. The second kappa shape index (κ2) is 3.45. The van der Waals surface area contributed by atoms with E-state index in [-0.39, 0.29) is 4.83 Å². The van der Waals surface area contributed by atoms with Crippen LogP contribution in [0.15, 0.2) is 0 Å². The maximum atomic E-state index is 10.1. The van der Waals surface area contributed by atoms with Gasteiger partial charge in [-0.15, -0.1) is 0 Å². The van der Waals surface area contributed by atoms with E-state index >= 15 is 0 Å². The molecule has 2 atom stereocenters. The Kier molecular flexibility index (Phi) is 3.64. The number of carboxylic acids is 1. The highest BCUT2D eigenvalue weighted by molar-refractivity contribution is 9.12. The lowest BCUT2D eigenvalue weighted by atomic mass is 10.3. The molecule has 0 bridgehead atoms. The minimum absolute atomic E-state index is 0.0278. The summed E-state index contributed by atoms with van der Waals surface area (Å²) in [5.41, 5.74) is 0. The van der Waals surface area contributed by atoms with Gasteiger partial charge < -0.3 is 5.11 Å². The number of halogens is 2. The summed E-state index contributed by atoms with van der Waals surface area (Å²) in [5, 5.41) is 8.28. The first-order valence-corrected chi connectivity index (χ1v) is 3.89. The third-order valence-corrected chi connectivity index (χ3v) is 3.06. The number of carbonyl (C=O) groups is 1. The van der Waals surface area contributed by atoms with Crippen molar-refractivity contribution in [2.45, 2.75) is 16.6 Å². The molecule has 0 saturated heterocycles. The molecule has 0 fully saturated rings. The summed E-state index contributed by atoms with van der Waals surface area (Å²) in [5.74, 6) is -0.839. The molecular weight excluding hydrogens is 240 g/mol. The number of alkyl halides is 2. The molecule has 2 nitrogen and oxygen atoms in total. The molecule has 0 aromatic carbocycles. The van der Waals surface area contributed by atoms with Crippen LogP contribution in [0.25, 0.3) is 0 Å². The van der Waals surface area contributed by atoms with E-state index in [2.05, 4.69) is 31.9 Å². The van der Waals surface area contributed by atoms with Gasteiger partial charge in [-0.2, -0.15) is 0 Å². The summed E-state index contributed by atoms with van der Waals surface area (Å²) in [4.78, 5) is 9.55. The van der Waals surface area contributed by atoms with Gasteiger partial charge in [-0.1, -0.05) is 38.8 Å². The van der Waals surface area contributed by atoms with E-state index in [4.69, 9.17) is 5.11 Å². The van der Waals surface area contributed by atoms with Crippen molar-refractivity contribution in [3.05, 3.63) is 0 Å². The predicted octanol–water partition coefficient (Wildman–Crippen LogP) is 1.62. The van der Waals surface area contributed by atoms with Crippen molar-refractivity contribution in [1.29, 1.82) is 0 Å². The monoisotopic (exact) mass is 244 g/mol. The Labute approximate surface area is 64.5 Å². The number of hydrogen-bond acceptors (Lipinski definition) is 1. The predicted molar refractivity (Wildman–Crippen MR) is 38.7 cm³/mol. The van der Waals surface area contributed by atoms with Crippen LogP contribution in [0.3, 0.4) is 0 Å². The molecular formula is C4H6Br2O2. The maximum Gasteiger partial charge on any atom is 0.318 e. The lowest BCUT2D eigenvalue weighted by molar-refractivity contribution is -0.136. The number of rotatable bonds is 2. The lowest BCUT2D eigenvalue weighted by Gasteiger charge is -2.03. The first-order valence-electron chi connectivity index (χ1n) is 2.06. The topological polar surface area (TPSA) is 37.3 Å². The Hall–Kier alpha value is 0.430. The molecule has 0 aliphatic carbocycles. The first-order chi connectivity index (χ1) is 3.55. The number of carboxylic acid groups (broad SMARTS) is 1. The van der Waals surface area contributed by atoms with Crippen LogP contribution in [-0.2, 0) is 4.79 Å². The zero-order chi connectivity index (χ0) is 6.73.